The van der Waals surface area contributed by atoms with Crippen molar-refractivity contribution in [2.24, 2.45) is 0 Å². The normalized spacial score (nSPS) is 17.0. The predicted molar refractivity (Wildman–Crippen MR) is 121 cm³/mol. The van der Waals surface area contributed by atoms with Crippen molar-refractivity contribution in [2.45, 2.75) is 17.9 Å². The van der Waals surface area contributed by atoms with Crippen molar-refractivity contribution < 1.29 is 18.3 Å². The van der Waals surface area contributed by atoms with Gasteiger partial charge in [-0.25, -0.2) is 8.42 Å². The Morgan fingerprint density at radius 3 is 2.23 bits per heavy atom. The molecule has 3 aromatic carbocycles. The molecule has 1 fully saturated rings. The average Bonchev–Trinajstić information content (AvgIpc) is 2.79. The maximum atomic E-state index is 12.9. The lowest BCUT2D eigenvalue weighted by molar-refractivity contribution is 0.0921. The van der Waals surface area contributed by atoms with Crippen LogP contribution in [0.15, 0.2) is 71.6 Å². The molecule has 1 aliphatic rings. The summed E-state index contributed by atoms with van der Waals surface area (Å²) < 4.78 is 27.3. The zero-order valence-electron chi connectivity index (χ0n) is 17.4. The summed E-state index contributed by atoms with van der Waals surface area (Å²) in [6.07, 6.45) is -0.633. The highest BCUT2D eigenvalue weighted by Crippen LogP contribution is 2.23. The third-order valence-corrected chi connectivity index (χ3v) is 7.73. The molecule has 0 spiro atoms. The number of fused-ring (bicyclic) bond motifs is 1. The highest BCUT2D eigenvalue weighted by atomic mass is 32.2. The van der Waals surface area contributed by atoms with Crippen molar-refractivity contribution >= 4 is 26.6 Å². The van der Waals surface area contributed by atoms with E-state index in [0.717, 1.165) is 16.3 Å². The fraction of sp³-hybridized carbons (Fsp3) is 0.292. The fourth-order valence-corrected chi connectivity index (χ4v) is 5.35. The SMILES string of the molecule is CC(=O)c1ccc(S(=O)(=O)N2CCN(CC(O)c3ccc4ccccc4c3)CC2)cc1. The lowest BCUT2D eigenvalue weighted by atomic mass is 10.0. The van der Waals surface area contributed by atoms with Crippen LogP contribution in [0.2, 0.25) is 0 Å². The third kappa shape index (κ3) is 4.70. The van der Waals surface area contributed by atoms with E-state index >= 15 is 0 Å². The molecule has 0 aliphatic carbocycles. The summed E-state index contributed by atoms with van der Waals surface area (Å²) in [5, 5.41) is 12.9. The van der Waals surface area contributed by atoms with Crippen LogP contribution >= 0.6 is 0 Å². The minimum Gasteiger partial charge on any atom is -0.387 e. The second-order valence-corrected chi connectivity index (χ2v) is 9.85. The Balaban J connectivity index is 1.37. The largest absolute Gasteiger partial charge is 0.387 e. The van der Waals surface area contributed by atoms with Crippen LogP contribution in [0.1, 0.15) is 28.9 Å². The van der Waals surface area contributed by atoms with Crippen LogP contribution in [0.3, 0.4) is 0 Å². The van der Waals surface area contributed by atoms with E-state index in [4.69, 9.17) is 0 Å². The van der Waals surface area contributed by atoms with Crippen LogP contribution in [0.5, 0.6) is 0 Å². The molecule has 0 amide bonds. The second-order valence-electron chi connectivity index (χ2n) is 7.91. The monoisotopic (exact) mass is 438 g/mol. The average molecular weight is 439 g/mol. The standard InChI is InChI=1S/C24H26N2O4S/c1-18(27)19-8-10-23(11-9-19)31(29,30)26-14-12-25(13-15-26)17-24(28)22-7-6-20-4-2-3-5-21(20)16-22/h2-11,16,24,28H,12-15,17H2,1H3. The van der Waals surface area contributed by atoms with Crippen molar-refractivity contribution in [3.63, 3.8) is 0 Å². The first-order valence-electron chi connectivity index (χ1n) is 10.3. The second kappa shape index (κ2) is 8.88. The lowest BCUT2D eigenvalue weighted by Gasteiger charge is -2.35. The molecule has 31 heavy (non-hydrogen) atoms. The summed E-state index contributed by atoms with van der Waals surface area (Å²) in [5.74, 6) is -0.0949. The maximum Gasteiger partial charge on any atom is 0.243 e. The molecule has 162 valence electrons. The molecule has 1 saturated heterocycles. The van der Waals surface area contributed by atoms with Gasteiger partial charge in [-0.05, 0) is 41.5 Å². The van der Waals surface area contributed by atoms with E-state index in [1.165, 1.54) is 23.4 Å². The fourth-order valence-electron chi connectivity index (χ4n) is 3.93. The zero-order chi connectivity index (χ0) is 22.0. The van der Waals surface area contributed by atoms with E-state index in [0.29, 0.717) is 38.3 Å². The van der Waals surface area contributed by atoms with Gasteiger partial charge in [-0.15, -0.1) is 0 Å². The molecule has 1 atom stereocenters. The molecule has 1 aliphatic heterocycles. The highest BCUT2D eigenvalue weighted by Gasteiger charge is 2.29. The van der Waals surface area contributed by atoms with Gasteiger partial charge in [0, 0.05) is 38.3 Å². The number of β-amino-alcohol motifs (C(OH)–C–C–N with tert-alkyl or cyclic N) is 1. The van der Waals surface area contributed by atoms with Gasteiger partial charge in [0.1, 0.15) is 0 Å². The van der Waals surface area contributed by atoms with Crippen LogP contribution in [-0.4, -0.2) is 61.2 Å². The Hall–Kier alpha value is -2.58. The molecule has 1 N–H and O–H groups in total. The molecule has 3 aromatic rings. The highest BCUT2D eigenvalue weighted by molar-refractivity contribution is 7.89. The van der Waals surface area contributed by atoms with Gasteiger partial charge in [0.05, 0.1) is 11.0 Å². The zero-order valence-corrected chi connectivity index (χ0v) is 18.3. The third-order valence-electron chi connectivity index (χ3n) is 5.82. The molecule has 0 radical (unpaired) electrons. The molecule has 6 nitrogen and oxygen atoms in total. The first kappa shape index (κ1) is 21.6. The molecule has 4 rings (SSSR count). The van der Waals surface area contributed by atoms with Gasteiger partial charge in [0.2, 0.25) is 10.0 Å². The molecule has 7 heteroatoms. The van der Waals surface area contributed by atoms with Crippen LogP contribution in [0.25, 0.3) is 10.8 Å². The van der Waals surface area contributed by atoms with E-state index in [2.05, 4.69) is 4.90 Å². The number of sulfonamides is 1. The number of aliphatic hydroxyl groups is 1. The molecular formula is C24H26N2O4S. The first-order chi connectivity index (χ1) is 14.8. The number of piperazine rings is 1. The number of nitrogens with zero attached hydrogens (tertiary/aromatic N) is 2. The number of rotatable bonds is 6. The van der Waals surface area contributed by atoms with Gasteiger partial charge in [-0.3, -0.25) is 9.69 Å². The van der Waals surface area contributed by atoms with Crippen molar-refractivity contribution in [3.8, 4) is 0 Å². The van der Waals surface area contributed by atoms with Gasteiger partial charge in [0.25, 0.3) is 0 Å². The Morgan fingerprint density at radius 1 is 0.935 bits per heavy atom. The number of aliphatic hydroxyl groups excluding tert-OH is 1. The summed E-state index contributed by atoms with van der Waals surface area (Å²) in [5.41, 5.74) is 1.35. The van der Waals surface area contributed by atoms with Crippen LogP contribution < -0.4 is 0 Å². The van der Waals surface area contributed by atoms with Gasteiger partial charge in [-0.2, -0.15) is 4.31 Å². The molecule has 0 saturated carbocycles. The molecule has 0 aromatic heterocycles. The van der Waals surface area contributed by atoms with Gasteiger partial charge >= 0.3 is 0 Å². The van der Waals surface area contributed by atoms with Crippen LogP contribution in [0.4, 0.5) is 0 Å². The van der Waals surface area contributed by atoms with Crippen LogP contribution in [0, 0.1) is 0 Å². The number of Topliss-reactive ketones (excluding diaryl/α,β-unsaturated/α-hetero) is 1. The van der Waals surface area contributed by atoms with E-state index in [1.54, 1.807) is 12.1 Å². The molecule has 0 bridgehead atoms. The first-order valence-corrected chi connectivity index (χ1v) is 11.8. The number of ketones is 1. The summed E-state index contributed by atoms with van der Waals surface area (Å²) in [6.45, 7) is 3.74. The van der Waals surface area contributed by atoms with Gasteiger partial charge < -0.3 is 5.11 Å². The van der Waals surface area contributed by atoms with E-state index in [9.17, 15) is 18.3 Å². The Kier molecular flexibility index (Phi) is 6.20. The van der Waals surface area contributed by atoms with Gasteiger partial charge in [0.15, 0.2) is 5.78 Å². The van der Waals surface area contributed by atoms with Crippen LogP contribution in [-0.2, 0) is 10.0 Å². The Bertz CT molecular complexity index is 1180. The van der Waals surface area contributed by atoms with Crippen molar-refractivity contribution in [1.29, 1.82) is 0 Å². The van der Waals surface area contributed by atoms with Crippen molar-refractivity contribution in [2.75, 3.05) is 32.7 Å². The number of carbonyl (C=O) groups excluding carboxylic acids is 1. The minimum absolute atomic E-state index is 0.0949. The lowest BCUT2D eigenvalue weighted by Crippen LogP contribution is -2.49. The van der Waals surface area contributed by atoms with Crippen molar-refractivity contribution in [1.82, 2.24) is 9.21 Å². The Labute approximate surface area is 182 Å². The quantitative estimate of drug-likeness (QED) is 0.599. The van der Waals surface area contributed by atoms with E-state index in [-0.39, 0.29) is 10.7 Å². The topological polar surface area (TPSA) is 77.9 Å². The number of benzene rings is 3. The predicted octanol–water partition coefficient (Wildman–Crippen LogP) is 3.08. The maximum absolute atomic E-state index is 12.9. The summed E-state index contributed by atoms with van der Waals surface area (Å²) in [7, 11) is -3.60. The van der Waals surface area contributed by atoms with Gasteiger partial charge in [-0.1, -0.05) is 48.5 Å². The smallest absolute Gasteiger partial charge is 0.243 e. The number of carbonyl (C=O) groups is 1. The van der Waals surface area contributed by atoms with E-state index in [1.807, 2.05) is 42.5 Å². The molecule has 1 unspecified atom stereocenters. The summed E-state index contributed by atoms with van der Waals surface area (Å²) in [4.78, 5) is 13.7. The minimum atomic E-state index is -3.60. The summed E-state index contributed by atoms with van der Waals surface area (Å²) in [6, 6.07) is 20.1. The molecular weight excluding hydrogens is 412 g/mol. The number of hydrogen-bond acceptors (Lipinski definition) is 5. The van der Waals surface area contributed by atoms with Crippen molar-refractivity contribution in [3.05, 3.63) is 77.9 Å². The summed E-state index contributed by atoms with van der Waals surface area (Å²) >= 11 is 0. The Morgan fingerprint density at radius 2 is 1.58 bits per heavy atom. The van der Waals surface area contributed by atoms with E-state index < -0.39 is 16.1 Å². The number of hydrogen-bond donors (Lipinski definition) is 1. The molecule has 1 heterocycles.